The Bertz CT molecular complexity index is 294. The van der Waals surface area contributed by atoms with Gasteiger partial charge in [-0.3, -0.25) is 4.79 Å². The maximum atomic E-state index is 11.0. The van der Waals surface area contributed by atoms with E-state index < -0.39 is 0 Å². The molecule has 1 rings (SSSR count). The molecule has 0 aliphatic carbocycles. The van der Waals surface area contributed by atoms with Crippen LogP contribution in [0.25, 0.3) is 0 Å². The summed E-state index contributed by atoms with van der Waals surface area (Å²) in [5, 5.41) is -0.222. The molecular formula is C10H13NOS. The van der Waals surface area contributed by atoms with E-state index in [1.54, 1.807) is 0 Å². The van der Waals surface area contributed by atoms with E-state index >= 15 is 0 Å². The van der Waals surface area contributed by atoms with Crippen LogP contribution in [-0.4, -0.2) is 12.2 Å². The number of hydrogen-bond acceptors (Lipinski definition) is 2. The van der Waals surface area contributed by atoms with Gasteiger partial charge in [0, 0.05) is 0 Å². The fourth-order valence-corrected chi connectivity index (χ4v) is 1.82. The lowest BCUT2D eigenvalue weighted by molar-refractivity contribution is -0.117. The van der Waals surface area contributed by atoms with Crippen LogP contribution in [0, 0.1) is 6.92 Å². The lowest BCUT2D eigenvalue weighted by Gasteiger charge is -2.10. The minimum atomic E-state index is -0.281. The first-order chi connectivity index (χ1) is 6.15. The number of benzene rings is 1. The maximum absolute atomic E-state index is 11.0. The van der Waals surface area contributed by atoms with Gasteiger partial charge in [-0.25, -0.2) is 0 Å². The minimum Gasteiger partial charge on any atom is -0.368 e. The van der Waals surface area contributed by atoms with Crippen LogP contribution in [0.1, 0.15) is 16.4 Å². The van der Waals surface area contributed by atoms with Gasteiger partial charge in [-0.05, 0) is 18.7 Å². The fourth-order valence-electron chi connectivity index (χ4n) is 1.16. The van der Waals surface area contributed by atoms with Gasteiger partial charge in [-0.1, -0.05) is 29.8 Å². The Morgan fingerprint density at radius 1 is 1.38 bits per heavy atom. The van der Waals surface area contributed by atoms with Crippen LogP contribution in [0.5, 0.6) is 0 Å². The first-order valence-corrected chi connectivity index (χ1v) is 5.32. The zero-order valence-corrected chi connectivity index (χ0v) is 8.60. The highest BCUT2D eigenvalue weighted by atomic mass is 32.2. The number of carbonyl (C=O) groups excluding carboxylic acids is 1. The maximum Gasteiger partial charge on any atom is 0.235 e. The molecule has 1 amide bonds. The molecule has 1 aromatic rings. The molecule has 0 saturated carbocycles. The summed E-state index contributed by atoms with van der Waals surface area (Å²) in [5.74, 6) is -0.281. The molecule has 13 heavy (non-hydrogen) atoms. The predicted octanol–water partition coefficient (Wildman–Crippen LogP) is 1.88. The van der Waals surface area contributed by atoms with Gasteiger partial charge in [0.2, 0.25) is 5.91 Å². The topological polar surface area (TPSA) is 43.1 Å². The summed E-state index contributed by atoms with van der Waals surface area (Å²) in [4.78, 5) is 11.0. The molecule has 0 aliphatic heterocycles. The molecule has 0 saturated heterocycles. The van der Waals surface area contributed by atoms with Crippen molar-refractivity contribution in [2.24, 2.45) is 5.73 Å². The van der Waals surface area contributed by atoms with Crippen molar-refractivity contribution in [2.45, 2.75) is 12.2 Å². The Kier molecular flexibility index (Phi) is 3.37. The van der Waals surface area contributed by atoms with Crippen molar-refractivity contribution in [1.29, 1.82) is 0 Å². The van der Waals surface area contributed by atoms with Crippen LogP contribution in [0.3, 0.4) is 0 Å². The predicted molar refractivity (Wildman–Crippen MR) is 56.6 cm³/mol. The molecule has 0 heterocycles. The molecule has 0 aromatic heterocycles. The van der Waals surface area contributed by atoms with Crippen molar-refractivity contribution in [2.75, 3.05) is 6.26 Å². The van der Waals surface area contributed by atoms with Gasteiger partial charge in [-0.15, -0.1) is 11.8 Å². The molecule has 2 N–H and O–H groups in total. The van der Waals surface area contributed by atoms with Gasteiger partial charge in [0.25, 0.3) is 0 Å². The largest absolute Gasteiger partial charge is 0.368 e. The zero-order valence-electron chi connectivity index (χ0n) is 7.78. The highest BCUT2D eigenvalue weighted by Crippen LogP contribution is 2.25. The van der Waals surface area contributed by atoms with E-state index in [0.717, 1.165) is 5.56 Å². The quantitative estimate of drug-likeness (QED) is 0.800. The second-order valence-corrected chi connectivity index (χ2v) is 3.87. The standard InChI is InChI=1S/C10H13NOS/c1-7-3-5-8(6-4-7)9(13-2)10(11)12/h3-6,9H,1-2H3,(H2,11,12). The lowest BCUT2D eigenvalue weighted by atomic mass is 10.1. The van der Waals surface area contributed by atoms with Crippen molar-refractivity contribution >= 4 is 17.7 Å². The lowest BCUT2D eigenvalue weighted by Crippen LogP contribution is -2.18. The highest BCUT2D eigenvalue weighted by Gasteiger charge is 2.15. The number of thioether (sulfide) groups is 1. The number of primary amides is 1. The van der Waals surface area contributed by atoms with E-state index in [0.29, 0.717) is 0 Å². The monoisotopic (exact) mass is 195 g/mol. The average Bonchev–Trinajstić information content (AvgIpc) is 2.09. The molecule has 70 valence electrons. The van der Waals surface area contributed by atoms with Gasteiger partial charge < -0.3 is 5.73 Å². The van der Waals surface area contributed by atoms with Gasteiger partial charge in [0.15, 0.2) is 0 Å². The second-order valence-electron chi connectivity index (χ2n) is 2.93. The highest BCUT2D eigenvalue weighted by molar-refractivity contribution is 7.99. The Labute approximate surface area is 82.5 Å². The normalized spacial score (nSPS) is 12.5. The van der Waals surface area contributed by atoms with E-state index in [-0.39, 0.29) is 11.2 Å². The van der Waals surface area contributed by atoms with Crippen LogP contribution in [0.2, 0.25) is 0 Å². The van der Waals surface area contributed by atoms with Crippen LogP contribution in [-0.2, 0) is 4.79 Å². The second kappa shape index (κ2) is 4.33. The Morgan fingerprint density at radius 3 is 2.31 bits per heavy atom. The van der Waals surface area contributed by atoms with Crippen LogP contribution in [0.15, 0.2) is 24.3 Å². The number of hydrogen-bond donors (Lipinski definition) is 1. The summed E-state index contributed by atoms with van der Waals surface area (Å²) in [6.07, 6.45) is 1.88. The number of rotatable bonds is 3. The van der Waals surface area contributed by atoms with Gasteiger partial charge in [-0.2, -0.15) is 0 Å². The molecule has 0 spiro atoms. The number of amides is 1. The number of carbonyl (C=O) groups is 1. The van der Waals surface area contributed by atoms with E-state index in [2.05, 4.69) is 0 Å². The third-order valence-electron chi connectivity index (χ3n) is 1.87. The summed E-state index contributed by atoms with van der Waals surface area (Å²) in [6.45, 7) is 2.02. The van der Waals surface area contributed by atoms with Crippen molar-refractivity contribution in [3.05, 3.63) is 35.4 Å². The SMILES string of the molecule is CSC(C(N)=O)c1ccc(C)cc1. The first kappa shape index (κ1) is 10.1. The van der Waals surface area contributed by atoms with Crippen LogP contribution < -0.4 is 5.73 Å². The molecule has 1 atom stereocenters. The molecule has 0 aliphatic rings. The Balaban J connectivity index is 2.92. The first-order valence-electron chi connectivity index (χ1n) is 4.04. The van der Waals surface area contributed by atoms with Crippen LogP contribution >= 0.6 is 11.8 Å². The van der Waals surface area contributed by atoms with Crippen molar-refractivity contribution in [1.82, 2.24) is 0 Å². The Hall–Kier alpha value is -0.960. The third-order valence-corrected chi connectivity index (χ3v) is 2.85. The average molecular weight is 195 g/mol. The van der Waals surface area contributed by atoms with Crippen LogP contribution in [0.4, 0.5) is 0 Å². The molecule has 1 aromatic carbocycles. The van der Waals surface area contributed by atoms with Crippen molar-refractivity contribution < 1.29 is 4.79 Å². The van der Waals surface area contributed by atoms with Gasteiger partial charge >= 0.3 is 0 Å². The van der Waals surface area contributed by atoms with E-state index in [1.807, 2.05) is 37.4 Å². The summed E-state index contributed by atoms with van der Waals surface area (Å²) in [7, 11) is 0. The fraction of sp³-hybridized carbons (Fsp3) is 0.300. The number of nitrogens with two attached hydrogens (primary N) is 1. The van der Waals surface area contributed by atoms with E-state index in [1.165, 1.54) is 17.3 Å². The molecule has 1 unspecified atom stereocenters. The van der Waals surface area contributed by atoms with Gasteiger partial charge in [0.05, 0.1) is 0 Å². The van der Waals surface area contributed by atoms with Crippen molar-refractivity contribution in [3.8, 4) is 0 Å². The number of aryl methyl sites for hydroxylation is 1. The summed E-state index contributed by atoms with van der Waals surface area (Å²) < 4.78 is 0. The molecule has 0 radical (unpaired) electrons. The smallest absolute Gasteiger partial charge is 0.235 e. The summed E-state index contributed by atoms with van der Waals surface area (Å²) in [5.41, 5.74) is 7.42. The molecular weight excluding hydrogens is 182 g/mol. The van der Waals surface area contributed by atoms with E-state index in [9.17, 15) is 4.79 Å². The molecule has 0 bridgehead atoms. The third kappa shape index (κ3) is 2.49. The summed E-state index contributed by atoms with van der Waals surface area (Å²) >= 11 is 1.46. The summed E-state index contributed by atoms with van der Waals surface area (Å²) in [6, 6.07) is 7.87. The van der Waals surface area contributed by atoms with Gasteiger partial charge in [0.1, 0.15) is 5.25 Å². The minimum absolute atomic E-state index is 0.222. The zero-order chi connectivity index (χ0) is 9.84. The van der Waals surface area contributed by atoms with E-state index in [4.69, 9.17) is 5.73 Å². The van der Waals surface area contributed by atoms with Crippen molar-refractivity contribution in [3.63, 3.8) is 0 Å². The molecule has 3 heteroatoms. The molecule has 2 nitrogen and oxygen atoms in total. The molecule has 0 fully saturated rings. The Morgan fingerprint density at radius 2 is 1.92 bits per heavy atom.